The van der Waals surface area contributed by atoms with Crippen molar-refractivity contribution in [3.63, 3.8) is 0 Å². The zero-order chi connectivity index (χ0) is 15.9. The van der Waals surface area contributed by atoms with E-state index < -0.39 is 0 Å². The molecule has 2 rings (SSSR count). The number of methoxy groups -OCH3 is 1. The van der Waals surface area contributed by atoms with Gasteiger partial charge in [-0.3, -0.25) is 0 Å². The summed E-state index contributed by atoms with van der Waals surface area (Å²) in [5, 5.41) is 0. The van der Waals surface area contributed by atoms with Crippen molar-refractivity contribution in [3.8, 4) is 5.75 Å². The zero-order valence-electron chi connectivity index (χ0n) is 13.1. The van der Waals surface area contributed by atoms with Gasteiger partial charge in [0.2, 0.25) is 0 Å². The summed E-state index contributed by atoms with van der Waals surface area (Å²) in [5.41, 5.74) is 3.60. The lowest BCUT2D eigenvalue weighted by Gasteiger charge is -2.14. The number of benzene rings is 1. The van der Waals surface area contributed by atoms with Crippen molar-refractivity contribution in [1.29, 1.82) is 0 Å². The zero-order valence-corrected chi connectivity index (χ0v) is 13.1. The van der Waals surface area contributed by atoms with E-state index in [4.69, 9.17) is 9.47 Å². The average molecular weight is 296 g/mol. The fourth-order valence-electron chi connectivity index (χ4n) is 2.26. The Bertz CT molecular complexity index is 676. The molecule has 0 radical (unpaired) electrons. The molecule has 0 spiro atoms. The van der Waals surface area contributed by atoms with Gasteiger partial charge in [-0.25, -0.2) is 4.79 Å². The van der Waals surface area contributed by atoms with Crippen molar-refractivity contribution >= 4 is 5.97 Å². The Kier molecular flexibility index (Phi) is 5.37. The first-order valence-electron chi connectivity index (χ1n) is 7.19. The highest BCUT2D eigenvalue weighted by Gasteiger charge is 2.16. The van der Waals surface area contributed by atoms with Gasteiger partial charge >= 0.3 is 5.97 Å². The number of rotatable bonds is 4. The van der Waals surface area contributed by atoms with E-state index in [1.54, 1.807) is 12.3 Å². The molecule has 1 aliphatic rings. The number of carbonyl (C=O) groups excluding carboxylic acids is 1. The molecule has 0 unspecified atom stereocenters. The second kappa shape index (κ2) is 7.46. The van der Waals surface area contributed by atoms with Crippen LogP contribution in [0.1, 0.15) is 18.9 Å². The van der Waals surface area contributed by atoms with Crippen LogP contribution in [-0.2, 0) is 9.53 Å². The van der Waals surface area contributed by atoms with Crippen LogP contribution in [0, 0.1) is 6.92 Å². The summed E-state index contributed by atoms with van der Waals surface area (Å²) in [5.74, 6) is 0.516. The van der Waals surface area contributed by atoms with Crippen LogP contribution >= 0.6 is 0 Å². The van der Waals surface area contributed by atoms with Crippen LogP contribution in [0.3, 0.4) is 0 Å². The summed E-state index contributed by atoms with van der Waals surface area (Å²) in [7, 11) is 1.39. The summed E-state index contributed by atoms with van der Waals surface area (Å²) in [4.78, 5) is 11.8. The molecule has 0 fully saturated rings. The first kappa shape index (κ1) is 15.8. The highest BCUT2D eigenvalue weighted by Crippen LogP contribution is 2.26. The van der Waals surface area contributed by atoms with E-state index in [9.17, 15) is 4.79 Å². The number of aryl methyl sites for hydroxylation is 1. The van der Waals surface area contributed by atoms with E-state index in [0.717, 1.165) is 22.5 Å². The third kappa shape index (κ3) is 3.76. The molecule has 1 aromatic rings. The van der Waals surface area contributed by atoms with E-state index in [0.29, 0.717) is 12.0 Å². The molecule has 0 saturated heterocycles. The van der Waals surface area contributed by atoms with Crippen molar-refractivity contribution in [3.05, 3.63) is 77.1 Å². The predicted octanol–water partition coefficient (Wildman–Crippen LogP) is 4.26. The molecular weight excluding hydrogens is 276 g/mol. The number of allylic oxidation sites excluding steroid dienone is 5. The van der Waals surface area contributed by atoms with Crippen molar-refractivity contribution in [2.24, 2.45) is 0 Å². The lowest BCUT2D eigenvalue weighted by molar-refractivity contribution is -0.135. The SMILES string of the molecule is C/C=C(/C(=O)OC)C1=CC=C/C(=C/Oc2ccccc2C)C1. The summed E-state index contributed by atoms with van der Waals surface area (Å²) < 4.78 is 10.6. The predicted molar refractivity (Wildman–Crippen MR) is 87.5 cm³/mol. The lowest BCUT2D eigenvalue weighted by atomic mass is 9.94. The maximum atomic E-state index is 11.8. The molecule has 0 saturated carbocycles. The number of esters is 1. The fraction of sp³-hybridized carbons (Fsp3) is 0.211. The molecule has 0 aromatic heterocycles. The van der Waals surface area contributed by atoms with Crippen molar-refractivity contribution in [1.82, 2.24) is 0 Å². The van der Waals surface area contributed by atoms with Gasteiger partial charge in [-0.1, -0.05) is 42.5 Å². The van der Waals surface area contributed by atoms with Crippen molar-refractivity contribution < 1.29 is 14.3 Å². The molecule has 0 aliphatic heterocycles. The van der Waals surface area contributed by atoms with Crippen LogP contribution in [0.4, 0.5) is 0 Å². The number of hydrogen-bond acceptors (Lipinski definition) is 3. The van der Waals surface area contributed by atoms with Gasteiger partial charge in [0, 0.05) is 6.42 Å². The van der Waals surface area contributed by atoms with E-state index in [1.165, 1.54) is 7.11 Å². The Hall–Kier alpha value is -2.55. The number of hydrogen-bond donors (Lipinski definition) is 0. The maximum absolute atomic E-state index is 11.8. The van der Waals surface area contributed by atoms with Crippen molar-refractivity contribution in [2.45, 2.75) is 20.3 Å². The smallest absolute Gasteiger partial charge is 0.337 e. The maximum Gasteiger partial charge on any atom is 0.337 e. The standard InChI is InChI=1S/C19H20O3/c1-4-17(19(20)21-3)16-10-7-9-15(12-16)13-22-18-11-6-5-8-14(18)2/h4-11,13H,12H2,1-3H3/b15-13-,17-4+. The molecule has 114 valence electrons. The number of para-hydroxylation sites is 1. The van der Waals surface area contributed by atoms with Gasteiger partial charge in [-0.15, -0.1) is 0 Å². The Morgan fingerprint density at radius 2 is 2.05 bits per heavy atom. The van der Waals surface area contributed by atoms with Crippen LogP contribution in [-0.4, -0.2) is 13.1 Å². The van der Waals surface area contributed by atoms with Gasteiger partial charge in [0.15, 0.2) is 0 Å². The quantitative estimate of drug-likeness (QED) is 0.473. The summed E-state index contributed by atoms with van der Waals surface area (Å²) in [6, 6.07) is 7.86. The van der Waals surface area contributed by atoms with E-state index >= 15 is 0 Å². The van der Waals surface area contributed by atoms with E-state index in [2.05, 4.69) is 0 Å². The Labute approximate surface area is 131 Å². The molecule has 0 bridgehead atoms. The fourth-order valence-corrected chi connectivity index (χ4v) is 2.26. The normalized spacial score (nSPS) is 16.4. The minimum Gasteiger partial charge on any atom is -0.465 e. The molecule has 1 aliphatic carbocycles. The first-order chi connectivity index (χ1) is 10.7. The van der Waals surface area contributed by atoms with Gasteiger partial charge in [-0.2, -0.15) is 0 Å². The van der Waals surface area contributed by atoms with Crippen LogP contribution in [0.25, 0.3) is 0 Å². The van der Waals surface area contributed by atoms with Gasteiger partial charge in [-0.05, 0) is 36.6 Å². The van der Waals surface area contributed by atoms with E-state index in [-0.39, 0.29) is 5.97 Å². The average Bonchev–Trinajstić information content (AvgIpc) is 2.55. The molecule has 0 amide bonds. The topological polar surface area (TPSA) is 35.5 Å². The van der Waals surface area contributed by atoms with Gasteiger partial charge in [0.1, 0.15) is 5.75 Å². The molecule has 1 aromatic carbocycles. The third-order valence-electron chi connectivity index (χ3n) is 3.47. The van der Waals surface area contributed by atoms with E-state index in [1.807, 2.05) is 56.3 Å². The minimum absolute atomic E-state index is 0.316. The number of carbonyl (C=O) groups is 1. The monoisotopic (exact) mass is 296 g/mol. The Morgan fingerprint density at radius 1 is 1.27 bits per heavy atom. The summed E-state index contributed by atoms with van der Waals surface area (Å²) >= 11 is 0. The van der Waals surface area contributed by atoms with Crippen LogP contribution < -0.4 is 4.74 Å². The Balaban J connectivity index is 2.12. The van der Waals surface area contributed by atoms with Gasteiger partial charge in [0.05, 0.1) is 18.9 Å². The van der Waals surface area contributed by atoms with Crippen molar-refractivity contribution in [2.75, 3.05) is 7.11 Å². The van der Waals surface area contributed by atoms with Crippen LogP contribution in [0.5, 0.6) is 5.75 Å². The largest absolute Gasteiger partial charge is 0.465 e. The first-order valence-corrected chi connectivity index (χ1v) is 7.19. The molecule has 22 heavy (non-hydrogen) atoms. The molecule has 3 heteroatoms. The van der Waals surface area contributed by atoms with Crippen LogP contribution in [0.2, 0.25) is 0 Å². The Morgan fingerprint density at radius 3 is 2.73 bits per heavy atom. The molecule has 0 heterocycles. The second-order valence-corrected chi connectivity index (χ2v) is 5.00. The molecule has 0 N–H and O–H groups in total. The minimum atomic E-state index is -0.316. The second-order valence-electron chi connectivity index (χ2n) is 5.00. The molecule has 0 atom stereocenters. The molecule has 3 nitrogen and oxygen atoms in total. The highest BCUT2D eigenvalue weighted by atomic mass is 16.5. The van der Waals surface area contributed by atoms with Gasteiger partial charge in [0.25, 0.3) is 0 Å². The lowest BCUT2D eigenvalue weighted by Crippen LogP contribution is -2.08. The third-order valence-corrected chi connectivity index (χ3v) is 3.47. The number of ether oxygens (including phenoxy) is 2. The summed E-state index contributed by atoms with van der Waals surface area (Å²) in [6.07, 6.45) is 9.96. The highest BCUT2D eigenvalue weighted by molar-refractivity contribution is 5.93. The van der Waals surface area contributed by atoms with Gasteiger partial charge < -0.3 is 9.47 Å². The summed E-state index contributed by atoms with van der Waals surface area (Å²) in [6.45, 7) is 3.84. The molecular formula is C19H20O3. The van der Waals surface area contributed by atoms with Crippen LogP contribution in [0.15, 0.2) is 71.6 Å².